The minimum Gasteiger partial charge on any atom is -0.451 e. The molecule has 3 aromatic heterocycles. The molecular weight excluding hydrogens is 446 g/mol. The van der Waals surface area contributed by atoms with Crippen molar-refractivity contribution in [1.82, 2.24) is 19.5 Å². The number of benzene rings is 2. The highest BCUT2D eigenvalue weighted by Gasteiger charge is 2.13. The Hall–Kier alpha value is -4.79. The number of aromatic nitrogens is 4. The van der Waals surface area contributed by atoms with Crippen molar-refractivity contribution < 1.29 is 13.9 Å². The molecule has 5 aromatic rings. The van der Waals surface area contributed by atoms with Crippen LogP contribution in [-0.4, -0.2) is 25.4 Å². The summed E-state index contributed by atoms with van der Waals surface area (Å²) in [5.74, 6) is 1.54. The number of nitrogens with zero attached hydrogens (tertiary/aromatic N) is 4. The first kappa shape index (κ1) is 22.0. The SMILES string of the molecule is Cc1nc(Oc2ccc(NC(=O)c3cc(=O)c4ccccc4o3)cc2)cc(-n2cnc(C)c2C)n1. The van der Waals surface area contributed by atoms with Crippen LogP contribution in [0.2, 0.25) is 0 Å². The number of hydrogen-bond donors (Lipinski definition) is 1. The van der Waals surface area contributed by atoms with Crippen LogP contribution in [0.5, 0.6) is 11.6 Å². The van der Waals surface area contributed by atoms with E-state index in [9.17, 15) is 9.59 Å². The molecule has 0 aliphatic carbocycles. The predicted molar refractivity (Wildman–Crippen MR) is 130 cm³/mol. The van der Waals surface area contributed by atoms with E-state index in [2.05, 4.69) is 20.3 Å². The quantitative estimate of drug-likeness (QED) is 0.397. The molecule has 0 atom stereocenters. The number of nitrogens with one attached hydrogen (secondary N) is 1. The third-order valence-corrected chi connectivity index (χ3v) is 5.49. The van der Waals surface area contributed by atoms with Gasteiger partial charge in [-0.1, -0.05) is 12.1 Å². The van der Waals surface area contributed by atoms with Crippen molar-refractivity contribution in [3.8, 4) is 17.4 Å². The first-order valence-electron chi connectivity index (χ1n) is 10.9. The Labute approximate surface area is 200 Å². The van der Waals surface area contributed by atoms with Crippen LogP contribution in [0.15, 0.2) is 76.2 Å². The smallest absolute Gasteiger partial charge is 0.291 e. The van der Waals surface area contributed by atoms with Crippen molar-refractivity contribution >= 4 is 22.6 Å². The number of para-hydroxylation sites is 1. The summed E-state index contributed by atoms with van der Waals surface area (Å²) in [7, 11) is 0. The van der Waals surface area contributed by atoms with E-state index >= 15 is 0 Å². The van der Waals surface area contributed by atoms with Crippen LogP contribution >= 0.6 is 0 Å². The molecule has 0 aliphatic heterocycles. The summed E-state index contributed by atoms with van der Waals surface area (Å²) >= 11 is 0. The highest BCUT2D eigenvalue weighted by atomic mass is 16.5. The Balaban J connectivity index is 1.32. The molecular formula is C26H21N5O4. The zero-order valence-electron chi connectivity index (χ0n) is 19.3. The standard InChI is InChI=1S/C26H21N5O4/c1-15-16(2)31(14-27-15)24-13-25(29-17(3)28-24)34-19-10-8-18(9-11-19)30-26(33)23-12-21(32)20-6-4-5-7-22(20)35-23/h4-14H,1-3H3,(H,30,33). The molecule has 2 aromatic carbocycles. The van der Waals surface area contributed by atoms with Gasteiger partial charge < -0.3 is 14.5 Å². The van der Waals surface area contributed by atoms with E-state index in [1.165, 1.54) is 6.07 Å². The number of carbonyl (C=O) groups is 1. The molecule has 0 saturated carbocycles. The van der Waals surface area contributed by atoms with Crippen LogP contribution in [0.1, 0.15) is 27.8 Å². The molecule has 0 radical (unpaired) electrons. The second kappa shape index (κ2) is 8.86. The molecule has 35 heavy (non-hydrogen) atoms. The van der Waals surface area contributed by atoms with Gasteiger partial charge in [-0.2, -0.15) is 4.98 Å². The molecule has 174 valence electrons. The van der Waals surface area contributed by atoms with E-state index in [1.54, 1.807) is 67.8 Å². The normalized spacial score (nSPS) is 10.9. The third-order valence-electron chi connectivity index (χ3n) is 5.49. The van der Waals surface area contributed by atoms with Crippen molar-refractivity contribution in [1.29, 1.82) is 0 Å². The van der Waals surface area contributed by atoms with Crippen molar-refractivity contribution in [3.05, 3.63) is 100 Å². The number of hydrogen-bond acceptors (Lipinski definition) is 7. The van der Waals surface area contributed by atoms with Crippen LogP contribution in [-0.2, 0) is 0 Å². The maximum absolute atomic E-state index is 12.6. The Kier molecular flexibility index (Phi) is 5.58. The summed E-state index contributed by atoms with van der Waals surface area (Å²) in [4.78, 5) is 38.0. The Morgan fingerprint density at radius 3 is 2.51 bits per heavy atom. The number of aryl methyl sites for hydroxylation is 2. The largest absolute Gasteiger partial charge is 0.451 e. The van der Waals surface area contributed by atoms with Crippen LogP contribution in [0.3, 0.4) is 0 Å². The zero-order valence-corrected chi connectivity index (χ0v) is 19.3. The molecule has 0 unspecified atom stereocenters. The highest BCUT2D eigenvalue weighted by molar-refractivity contribution is 6.03. The lowest BCUT2D eigenvalue weighted by molar-refractivity contribution is 0.0997. The van der Waals surface area contributed by atoms with E-state index in [0.717, 1.165) is 11.4 Å². The number of anilines is 1. The molecule has 0 spiro atoms. The molecule has 1 amide bonds. The van der Waals surface area contributed by atoms with Gasteiger partial charge in [0.05, 0.1) is 11.1 Å². The molecule has 1 N–H and O–H groups in total. The van der Waals surface area contributed by atoms with Gasteiger partial charge in [-0.15, -0.1) is 0 Å². The van der Waals surface area contributed by atoms with Gasteiger partial charge in [0.25, 0.3) is 5.91 Å². The van der Waals surface area contributed by atoms with Gasteiger partial charge in [-0.25, -0.2) is 9.97 Å². The third kappa shape index (κ3) is 4.51. The van der Waals surface area contributed by atoms with Crippen molar-refractivity contribution in [2.45, 2.75) is 20.8 Å². The van der Waals surface area contributed by atoms with Gasteiger partial charge in [0, 0.05) is 23.5 Å². The molecule has 0 bridgehead atoms. The number of rotatable bonds is 5. The van der Waals surface area contributed by atoms with Gasteiger partial charge in [0.15, 0.2) is 11.2 Å². The number of carbonyl (C=O) groups excluding carboxylic acids is 1. The number of amides is 1. The van der Waals surface area contributed by atoms with E-state index in [0.29, 0.717) is 39.9 Å². The molecule has 0 fully saturated rings. The summed E-state index contributed by atoms with van der Waals surface area (Å²) in [5.41, 5.74) is 2.50. The van der Waals surface area contributed by atoms with E-state index in [-0.39, 0.29) is 11.2 Å². The maximum atomic E-state index is 12.6. The zero-order chi connectivity index (χ0) is 24.5. The average Bonchev–Trinajstić information content (AvgIpc) is 3.18. The van der Waals surface area contributed by atoms with Crippen molar-refractivity contribution in [3.63, 3.8) is 0 Å². The molecule has 0 aliphatic rings. The van der Waals surface area contributed by atoms with E-state index in [1.807, 2.05) is 18.4 Å². The lowest BCUT2D eigenvalue weighted by Crippen LogP contribution is -2.14. The average molecular weight is 467 g/mol. The maximum Gasteiger partial charge on any atom is 0.291 e. The fraction of sp³-hybridized carbons (Fsp3) is 0.115. The fourth-order valence-electron chi connectivity index (χ4n) is 3.57. The lowest BCUT2D eigenvalue weighted by Gasteiger charge is -2.10. The summed E-state index contributed by atoms with van der Waals surface area (Å²) in [6.45, 7) is 5.70. The van der Waals surface area contributed by atoms with E-state index in [4.69, 9.17) is 9.15 Å². The van der Waals surface area contributed by atoms with Crippen LogP contribution in [0, 0.1) is 20.8 Å². The summed E-state index contributed by atoms with van der Waals surface area (Å²) in [6, 6.07) is 16.5. The first-order chi connectivity index (χ1) is 16.9. The molecule has 0 saturated heterocycles. The fourth-order valence-corrected chi connectivity index (χ4v) is 3.57. The monoisotopic (exact) mass is 467 g/mol. The number of ether oxygens (including phenoxy) is 1. The Bertz CT molecular complexity index is 1620. The van der Waals surface area contributed by atoms with Gasteiger partial charge in [-0.3, -0.25) is 14.2 Å². The first-order valence-corrected chi connectivity index (χ1v) is 10.9. The topological polar surface area (TPSA) is 112 Å². The van der Waals surface area contributed by atoms with Crippen molar-refractivity contribution in [2.24, 2.45) is 0 Å². The minimum absolute atomic E-state index is 0.0666. The van der Waals surface area contributed by atoms with Gasteiger partial charge in [0.1, 0.15) is 29.3 Å². The summed E-state index contributed by atoms with van der Waals surface area (Å²) in [5, 5.41) is 3.15. The number of imidazole rings is 1. The second-order valence-electron chi connectivity index (χ2n) is 7.95. The number of fused-ring (bicyclic) bond motifs is 1. The molecule has 9 heteroatoms. The van der Waals surface area contributed by atoms with Gasteiger partial charge in [-0.05, 0) is 57.2 Å². The molecule has 5 rings (SSSR count). The molecule has 3 heterocycles. The molecule has 9 nitrogen and oxygen atoms in total. The lowest BCUT2D eigenvalue weighted by atomic mass is 10.2. The van der Waals surface area contributed by atoms with Crippen molar-refractivity contribution in [2.75, 3.05) is 5.32 Å². The highest BCUT2D eigenvalue weighted by Crippen LogP contribution is 2.24. The van der Waals surface area contributed by atoms with Crippen LogP contribution in [0.25, 0.3) is 16.8 Å². The Morgan fingerprint density at radius 1 is 1.00 bits per heavy atom. The predicted octanol–water partition coefficient (Wildman–Crippen LogP) is 4.74. The van der Waals surface area contributed by atoms with Crippen LogP contribution in [0.4, 0.5) is 5.69 Å². The summed E-state index contributed by atoms with van der Waals surface area (Å²) < 4.78 is 13.4. The minimum atomic E-state index is -0.524. The van der Waals surface area contributed by atoms with Gasteiger partial charge >= 0.3 is 0 Å². The second-order valence-corrected chi connectivity index (χ2v) is 7.95. The van der Waals surface area contributed by atoms with E-state index < -0.39 is 5.91 Å². The summed E-state index contributed by atoms with van der Waals surface area (Å²) in [6.07, 6.45) is 1.71. The van der Waals surface area contributed by atoms with Crippen LogP contribution < -0.4 is 15.5 Å². The van der Waals surface area contributed by atoms with Gasteiger partial charge in [0.2, 0.25) is 5.88 Å². The Morgan fingerprint density at radius 2 is 1.77 bits per heavy atom.